The lowest BCUT2D eigenvalue weighted by molar-refractivity contribution is -0.161. The normalized spacial score (nSPS) is 13.7. The van der Waals surface area contributed by atoms with E-state index in [1.54, 1.807) is 0 Å². The molecule has 19 heteroatoms. The number of carbonyl (C=O) groups is 4. The predicted molar refractivity (Wildman–Crippen MR) is 469 cm³/mol. The zero-order chi connectivity index (χ0) is 82.7. The molecular formula is C94H184O17P2. The summed E-state index contributed by atoms with van der Waals surface area (Å²) in [6, 6.07) is 0. The summed E-state index contributed by atoms with van der Waals surface area (Å²) >= 11 is 0. The molecule has 0 aliphatic carbocycles. The molecule has 0 aliphatic rings. The average Bonchev–Trinajstić information content (AvgIpc) is 0.902. The van der Waals surface area contributed by atoms with E-state index in [4.69, 9.17) is 37.0 Å². The van der Waals surface area contributed by atoms with Crippen LogP contribution in [0.5, 0.6) is 0 Å². The van der Waals surface area contributed by atoms with Gasteiger partial charge in [0.2, 0.25) is 0 Å². The van der Waals surface area contributed by atoms with Gasteiger partial charge >= 0.3 is 39.5 Å². The van der Waals surface area contributed by atoms with Crippen LogP contribution in [0.25, 0.3) is 0 Å². The predicted octanol–water partition coefficient (Wildman–Crippen LogP) is 29.4. The van der Waals surface area contributed by atoms with Gasteiger partial charge in [0.05, 0.1) is 26.4 Å². The van der Waals surface area contributed by atoms with Gasteiger partial charge in [0.15, 0.2) is 12.2 Å². The fraction of sp³-hybridized carbons (Fsp3) is 0.957. The van der Waals surface area contributed by atoms with Gasteiger partial charge in [0.25, 0.3) is 0 Å². The molecule has 0 heterocycles. The highest BCUT2D eigenvalue weighted by atomic mass is 31.2. The molecule has 2 unspecified atom stereocenters. The second kappa shape index (κ2) is 85.1. The van der Waals surface area contributed by atoms with Crippen molar-refractivity contribution in [3.8, 4) is 0 Å². The Labute approximate surface area is 696 Å². The molecule has 0 amide bonds. The van der Waals surface area contributed by atoms with Gasteiger partial charge in [-0.15, -0.1) is 0 Å². The Morgan fingerprint density at radius 2 is 0.407 bits per heavy atom. The van der Waals surface area contributed by atoms with E-state index in [9.17, 15) is 43.2 Å². The van der Waals surface area contributed by atoms with E-state index >= 15 is 0 Å². The third-order valence-electron chi connectivity index (χ3n) is 22.2. The zero-order valence-corrected chi connectivity index (χ0v) is 76.5. The molecule has 0 aliphatic heterocycles. The lowest BCUT2D eigenvalue weighted by Gasteiger charge is -2.21. The number of rotatable bonds is 93. The number of unbranched alkanes of at least 4 members (excludes halogenated alkanes) is 63. The maximum absolute atomic E-state index is 13.2. The summed E-state index contributed by atoms with van der Waals surface area (Å²) in [7, 11) is -9.94. The van der Waals surface area contributed by atoms with E-state index < -0.39 is 97.5 Å². The summed E-state index contributed by atoms with van der Waals surface area (Å²) in [5, 5.41) is 10.7. The number of aliphatic hydroxyl groups excluding tert-OH is 1. The molecule has 17 nitrogen and oxygen atoms in total. The monoisotopic (exact) mass is 1650 g/mol. The minimum absolute atomic E-state index is 0.108. The second-order valence-corrected chi connectivity index (χ2v) is 37.6. The smallest absolute Gasteiger partial charge is 0.462 e. The van der Waals surface area contributed by atoms with Gasteiger partial charge in [-0.05, 0) is 37.5 Å². The molecule has 0 spiro atoms. The molecule has 0 radical (unpaired) electrons. The lowest BCUT2D eigenvalue weighted by atomic mass is 10.0. The molecule has 0 saturated heterocycles. The highest BCUT2D eigenvalue weighted by molar-refractivity contribution is 7.47. The molecule has 0 rings (SSSR count). The maximum Gasteiger partial charge on any atom is 0.472 e. The molecule has 0 aromatic rings. The molecule has 0 saturated carbocycles. The molecule has 672 valence electrons. The third-order valence-corrected chi connectivity index (χ3v) is 24.1. The third kappa shape index (κ3) is 87.7. The fourth-order valence-electron chi connectivity index (χ4n) is 14.8. The van der Waals surface area contributed by atoms with Gasteiger partial charge in [0, 0.05) is 25.7 Å². The SMILES string of the molecule is CCCCCCCCCCCCCCCCCCCCCCCCC(=O)OC[C@H](COP(=O)(O)OC[C@@H](O)COP(=O)(O)OC[C@@H](COC(=O)CCCCCCCCCC(C)C)OC(=O)CCCCCCCCCCCCCCCCCCC(C)C)OC(=O)CCCCCCCCCCCCCCCCCCCCCCCC. The molecule has 5 atom stereocenters. The Bertz CT molecular complexity index is 2150. The average molecular weight is 1650 g/mol. The topological polar surface area (TPSA) is 237 Å². The first kappa shape index (κ1) is 111. The van der Waals surface area contributed by atoms with E-state index in [1.165, 1.54) is 321 Å². The molecule has 0 aromatic carbocycles. The molecule has 0 bridgehead atoms. The van der Waals surface area contributed by atoms with Crippen molar-refractivity contribution < 1.29 is 80.2 Å². The molecular weight excluding hydrogens is 1460 g/mol. The maximum atomic E-state index is 13.2. The van der Waals surface area contributed by atoms with Crippen molar-refractivity contribution in [1.82, 2.24) is 0 Å². The molecule has 3 N–H and O–H groups in total. The number of phosphoric acid groups is 2. The van der Waals surface area contributed by atoms with Crippen LogP contribution in [0, 0.1) is 11.8 Å². The summed E-state index contributed by atoms with van der Waals surface area (Å²) in [5.41, 5.74) is 0. The molecule has 0 aromatic heterocycles. The Balaban J connectivity index is 5.20. The van der Waals surface area contributed by atoms with Gasteiger partial charge in [-0.1, -0.05) is 459 Å². The first-order valence-electron chi connectivity index (χ1n) is 48.5. The number of aliphatic hydroxyl groups is 1. The zero-order valence-electron chi connectivity index (χ0n) is 74.7. The van der Waals surface area contributed by atoms with Crippen molar-refractivity contribution in [2.24, 2.45) is 11.8 Å². The number of hydrogen-bond donors (Lipinski definition) is 3. The summed E-state index contributed by atoms with van der Waals surface area (Å²) in [6.45, 7) is 9.68. The van der Waals surface area contributed by atoms with Gasteiger partial charge in [-0.2, -0.15) is 0 Å². The Morgan fingerprint density at radius 3 is 0.602 bits per heavy atom. The van der Waals surface area contributed by atoms with Crippen LogP contribution in [0.4, 0.5) is 0 Å². The molecule has 0 fully saturated rings. The Kier molecular flexibility index (Phi) is 83.6. The van der Waals surface area contributed by atoms with Crippen molar-refractivity contribution in [1.29, 1.82) is 0 Å². The lowest BCUT2D eigenvalue weighted by Crippen LogP contribution is -2.30. The summed E-state index contributed by atoms with van der Waals surface area (Å²) < 4.78 is 69.1. The minimum Gasteiger partial charge on any atom is -0.462 e. The van der Waals surface area contributed by atoms with E-state index in [2.05, 4.69) is 41.5 Å². The van der Waals surface area contributed by atoms with Crippen molar-refractivity contribution in [3.63, 3.8) is 0 Å². The van der Waals surface area contributed by atoms with E-state index in [1.807, 2.05) is 0 Å². The second-order valence-electron chi connectivity index (χ2n) is 34.7. The molecule has 113 heavy (non-hydrogen) atoms. The van der Waals surface area contributed by atoms with Crippen LogP contribution in [0.2, 0.25) is 0 Å². The fourth-order valence-corrected chi connectivity index (χ4v) is 16.4. The van der Waals surface area contributed by atoms with Crippen LogP contribution in [0.1, 0.15) is 510 Å². The van der Waals surface area contributed by atoms with Gasteiger partial charge in [-0.25, -0.2) is 9.13 Å². The Hall–Kier alpha value is -1.94. The van der Waals surface area contributed by atoms with Crippen molar-refractivity contribution in [2.45, 2.75) is 529 Å². The van der Waals surface area contributed by atoms with Crippen molar-refractivity contribution in [3.05, 3.63) is 0 Å². The summed E-state index contributed by atoms with van der Waals surface area (Å²) in [4.78, 5) is 73.5. The number of hydrogen-bond acceptors (Lipinski definition) is 15. The number of esters is 4. The number of carbonyl (C=O) groups excluding carboxylic acids is 4. The highest BCUT2D eigenvalue weighted by Gasteiger charge is 2.31. The van der Waals surface area contributed by atoms with Crippen LogP contribution in [0.15, 0.2) is 0 Å². The van der Waals surface area contributed by atoms with Crippen LogP contribution in [0.3, 0.4) is 0 Å². The number of phosphoric ester groups is 2. The Morgan fingerprint density at radius 1 is 0.239 bits per heavy atom. The van der Waals surface area contributed by atoms with Crippen molar-refractivity contribution >= 4 is 39.5 Å². The highest BCUT2D eigenvalue weighted by Crippen LogP contribution is 2.45. The van der Waals surface area contributed by atoms with Gasteiger partial charge < -0.3 is 33.8 Å². The summed E-state index contributed by atoms with van der Waals surface area (Å²) in [6.07, 6.45) is 81.0. The van der Waals surface area contributed by atoms with E-state index in [-0.39, 0.29) is 25.7 Å². The van der Waals surface area contributed by atoms with E-state index in [0.717, 1.165) is 102 Å². The van der Waals surface area contributed by atoms with E-state index in [0.29, 0.717) is 31.6 Å². The van der Waals surface area contributed by atoms with Crippen LogP contribution < -0.4 is 0 Å². The van der Waals surface area contributed by atoms with Crippen LogP contribution in [-0.4, -0.2) is 96.7 Å². The first-order chi connectivity index (χ1) is 54.9. The van der Waals surface area contributed by atoms with Crippen molar-refractivity contribution in [2.75, 3.05) is 39.6 Å². The standard InChI is InChI=1S/C94H184O17P2/c1-7-9-11-13-15-17-19-21-23-25-27-29-31-33-35-40-44-48-52-58-64-70-76-91(96)104-82-89(110-93(98)78-72-66-59-53-49-45-41-36-34-32-30-28-26-24-22-20-18-16-14-12-10-8-2)84-108-112(100,101)106-80-88(95)81-107-113(102,103)109-85-90(83-105-92(97)77-71-65-61-55-57-63-69-75-87(5)6)111-94(99)79-73-67-60-54-50-46-42-38-37-39-43-47-51-56-62-68-74-86(3)4/h86-90,95H,7-85H2,1-6H3,(H,100,101)(H,102,103)/t88-,89-,90-/m1/s1. The number of ether oxygens (including phenoxy) is 4. The van der Waals surface area contributed by atoms with Gasteiger partial charge in [-0.3, -0.25) is 37.3 Å². The van der Waals surface area contributed by atoms with Crippen LogP contribution >= 0.6 is 15.6 Å². The largest absolute Gasteiger partial charge is 0.472 e. The quantitative estimate of drug-likeness (QED) is 0.0222. The summed E-state index contributed by atoms with van der Waals surface area (Å²) in [5.74, 6) is -0.582. The first-order valence-corrected chi connectivity index (χ1v) is 51.5. The minimum atomic E-state index is -4.97. The van der Waals surface area contributed by atoms with Gasteiger partial charge in [0.1, 0.15) is 19.3 Å². The van der Waals surface area contributed by atoms with Crippen LogP contribution in [-0.2, 0) is 65.4 Å².